The summed E-state index contributed by atoms with van der Waals surface area (Å²) in [5.74, 6) is 0. The lowest BCUT2D eigenvalue weighted by Gasteiger charge is -2.04. The van der Waals surface area contributed by atoms with Crippen molar-refractivity contribution >= 4 is 46.2 Å². The number of hydrogen-bond donors (Lipinski definition) is 1. The molecule has 24 heavy (non-hydrogen) atoms. The average Bonchev–Trinajstić information content (AvgIpc) is 3.17. The van der Waals surface area contributed by atoms with E-state index in [1.54, 1.807) is 29.7 Å². The largest absolute Gasteiger partial charge is 0.289 e. The second-order valence-corrected chi connectivity index (χ2v) is 6.60. The van der Waals surface area contributed by atoms with Gasteiger partial charge in [0.2, 0.25) is 0 Å². The number of benzene rings is 1. The van der Waals surface area contributed by atoms with E-state index >= 15 is 0 Å². The number of nitrogens with zero attached hydrogens (tertiary/aromatic N) is 2. The molecule has 0 saturated heterocycles. The van der Waals surface area contributed by atoms with Crippen LogP contribution < -0.4 is 5.56 Å². The predicted molar refractivity (Wildman–Crippen MR) is 102 cm³/mol. The number of pyridine rings is 1. The monoisotopic (exact) mass is 377 g/mol. The van der Waals surface area contributed by atoms with E-state index in [9.17, 15) is 4.79 Å². The molecule has 3 heterocycles. The van der Waals surface area contributed by atoms with Gasteiger partial charge in [-0.3, -0.25) is 14.9 Å². The van der Waals surface area contributed by atoms with Crippen LogP contribution >= 0.6 is 35.3 Å². The third-order valence-electron chi connectivity index (χ3n) is 3.78. The zero-order chi connectivity index (χ0) is 16.0. The summed E-state index contributed by atoms with van der Waals surface area (Å²) in [5.41, 5.74) is 3.30. The van der Waals surface area contributed by atoms with Crippen LogP contribution in [-0.4, -0.2) is 14.8 Å². The smallest absolute Gasteiger partial charge is 0.280 e. The molecule has 0 spiro atoms. The molecular formula is C17H13Cl2N3OS. The van der Waals surface area contributed by atoms with Crippen molar-refractivity contribution in [1.29, 1.82) is 0 Å². The number of halogens is 2. The molecule has 0 amide bonds. The molecule has 0 unspecified atom stereocenters. The van der Waals surface area contributed by atoms with Crippen LogP contribution in [0.25, 0.3) is 27.0 Å². The molecule has 4 rings (SSSR count). The van der Waals surface area contributed by atoms with Crippen molar-refractivity contribution < 1.29 is 0 Å². The van der Waals surface area contributed by atoms with Gasteiger partial charge in [-0.2, -0.15) is 0 Å². The fourth-order valence-corrected chi connectivity index (χ4v) is 3.62. The van der Waals surface area contributed by atoms with E-state index in [-0.39, 0.29) is 18.0 Å². The van der Waals surface area contributed by atoms with Gasteiger partial charge in [-0.25, -0.2) is 4.68 Å². The van der Waals surface area contributed by atoms with E-state index in [4.69, 9.17) is 11.6 Å². The number of H-pyrrole nitrogens is 1. The van der Waals surface area contributed by atoms with Crippen LogP contribution in [-0.2, 0) is 0 Å². The first-order chi connectivity index (χ1) is 11.1. The lowest BCUT2D eigenvalue weighted by atomic mass is 10.1. The molecule has 7 heteroatoms. The minimum absolute atomic E-state index is 0. The number of nitrogens with one attached hydrogen (secondary N) is 1. The Kier molecular flexibility index (Phi) is 4.49. The third-order valence-corrected chi connectivity index (χ3v) is 4.92. The third kappa shape index (κ3) is 2.65. The summed E-state index contributed by atoms with van der Waals surface area (Å²) < 4.78 is 1.53. The van der Waals surface area contributed by atoms with Gasteiger partial charge in [-0.15, -0.1) is 23.7 Å². The van der Waals surface area contributed by atoms with Crippen LogP contribution in [0.5, 0.6) is 0 Å². The highest BCUT2D eigenvalue weighted by Gasteiger charge is 2.16. The molecule has 122 valence electrons. The Hall–Kier alpha value is -2.08. The Morgan fingerprint density at radius 2 is 1.96 bits per heavy atom. The highest BCUT2D eigenvalue weighted by atomic mass is 35.5. The van der Waals surface area contributed by atoms with Crippen molar-refractivity contribution in [2.45, 2.75) is 6.92 Å². The van der Waals surface area contributed by atoms with E-state index in [0.717, 1.165) is 27.3 Å². The molecule has 0 fully saturated rings. The molecule has 3 aromatic heterocycles. The minimum atomic E-state index is -0.118. The van der Waals surface area contributed by atoms with Gasteiger partial charge >= 0.3 is 0 Å². The summed E-state index contributed by atoms with van der Waals surface area (Å²) >= 11 is 7.55. The second-order valence-electron chi connectivity index (χ2n) is 5.21. The molecule has 1 aromatic carbocycles. The Morgan fingerprint density at radius 1 is 1.21 bits per heavy atom. The Balaban J connectivity index is 0.00000169. The van der Waals surface area contributed by atoms with Gasteiger partial charge in [-0.05, 0) is 42.6 Å². The molecular weight excluding hydrogens is 365 g/mol. The van der Waals surface area contributed by atoms with Crippen LogP contribution in [0.1, 0.15) is 5.69 Å². The molecule has 0 aliphatic rings. The SMILES string of the molecule is Cc1ncc2c(=O)n(-c3ccc(Cl)cc3)[nH]c2c1-c1cccs1.Cl. The molecule has 0 saturated carbocycles. The molecule has 1 N–H and O–H groups in total. The molecule has 0 atom stereocenters. The molecule has 0 aliphatic carbocycles. The first kappa shape index (κ1) is 16.8. The van der Waals surface area contributed by atoms with Crippen molar-refractivity contribution in [3.05, 3.63) is 69.0 Å². The highest BCUT2D eigenvalue weighted by Crippen LogP contribution is 2.32. The number of aromatic nitrogens is 3. The Morgan fingerprint density at radius 3 is 2.62 bits per heavy atom. The quantitative estimate of drug-likeness (QED) is 0.543. The first-order valence-corrected chi connectivity index (χ1v) is 8.31. The first-order valence-electron chi connectivity index (χ1n) is 7.05. The highest BCUT2D eigenvalue weighted by molar-refractivity contribution is 7.13. The maximum Gasteiger partial charge on any atom is 0.280 e. The predicted octanol–water partition coefficient (Wildman–Crippen LogP) is 4.83. The zero-order valence-electron chi connectivity index (χ0n) is 12.6. The van der Waals surface area contributed by atoms with Crippen molar-refractivity contribution in [2.24, 2.45) is 0 Å². The van der Waals surface area contributed by atoms with Gasteiger partial charge < -0.3 is 0 Å². The molecule has 4 aromatic rings. The summed E-state index contributed by atoms with van der Waals surface area (Å²) in [7, 11) is 0. The van der Waals surface area contributed by atoms with Crippen LogP contribution in [0.15, 0.2) is 52.8 Å². The summed E-state index contributed by atoms with van der Waals surface area (Å²) in [4.78, 5) is 18.2. The lowest BCUT2D eigenvalue weighted by Crippen LogP contribution is -2.14. The van der Waals surface area contributed by atoms with Crippen LogP contribution in [0.2, 0.25) is 5.02 Å². The maximum atomic E-state index is 12.7. The second kappa shape index (κ2) is 6.43. The van der Waals surface area contributed by atoms with Crippen molar-refractivity contribution in [2.75, 3.05) is 0 Å². The van der Waals surface area contributed by atoms with Crippen LogP contribution in [0.4, 0.5) is 0 Å². The Labute approximate surface area is 153 Å². The topological polar surface area (TPSA) is 50.7 Å². The van der Waals surface area contributed by atoms with Crippen molar-refractivity contribution in [1.82, 2.24) is 14.8 Å². The van der Waals surface area contributed by atoms with E-state index < -0.39 is 0 Å². The molecule has 0 bridgehead atoms. The summed E-state index contributed by atoms with van der Waals surface area (Å²) in [6.07, 6.45) is 1.63. The van der Waals surface area contributed by atoms with Crippen molar-refractivity contribution in [3.8, 4) is 16.1 Å². The van der Waals surface area contributed by atoms with Crippen LogP contribution in [0.3, 0.4) is 0 Å². The zero-order valence-corrected chi connectivity index (χ0v) is 15.0. The standard InChI is InChI=1S/C17H12ClN3OS.ClH/c1-10-15(14-3-2-8-23-14)16-13(9-19-10)17(22)21(20-16)12-6-4-11(18)5-7-12;/h2-9,20H,1H3;1H. The average molecular weight is 378 g/mol. The maximum absolute atomic E-state index is 12.7. The van der Waals surface area contributed by atoms with E-state index in [2.05, 4.69) is 10.1 Å². The van der Waals surface area contributed by atoms with Gasteiger partial charge in [0.25, 0.3) is 5.56 Å². The Bertz CT molecular complexity index is 1050. The van der Waals surface area contributed by atoms with Gasteiger partial charge in [0.05, 0.1) is 16.6 Å². The number of aromatic amines is 1. The summed E-state index contributed by atoms with van der Waals surface area (Å²) in [6, 6.07) is 11.2. The van der Waals surface area contributed by atoms with E-state index in [1.807, 2.05) is 36.6 Å². The number of hydrogen-bond acceptors (Lipinski definition) is 3. The number of fused-ring (bicyclic) bond motifs is 1. The molecule has 4 nitrogen and oxygen atoms in total. The van der Waals surface area contributed by atoms with Gasteiger partial charge in [0.1, 0.15) is 0 Å². The van der Waals surface area contributed by atoms with Crippen molar-refractivity contribution in [3.63, 3.8) is 0 Å². The van der Waals surface area contributed by atoms with Gasteiger partial charge in [-0.1, -0.05) is 17.7 Å². The van der Waals surface area contributed by atoms with E-state index in [1.165, 1.54) is 4.68 Å². The minimum Gasteiger partial charge on any atom is -0.289 e. The number of thiophene rings is 1. The molecule has 0 aliphatic heterocycles. The summed E-state index contributed by atoms with van der Waals surface area (Å²) in [6.45, 7) is 1.95. The van der Waals surface area contributed by atoms with Gasteiger partial charge in [0, 0.05) is 27.4 Å². The van der Waals surface area contributed by atoms with Crippen LogP contribution in [0, 0.1) is 6.92 Å². The molecule has 0 radical (unpaired) electrons. The fourth-order valence-electron chi connectivity index (χ4n) is 2.66. The number of aryl methyl sites for hydroxylation is 1. The summed E-state index contributed by atoms with van der Waals surface area (Å²) in [5, 5.41) is 6.45. The normalized spacial score (nSPS) is 10.8. The fraction of sp³-hybridized carbons (Fsp3) is 0.0588. The van der Waals surface area contributed by atoms with E-state index in [0.29, 0.717) is 10.4 Å². The van der Waals surface area contributed by atoms with Gasteiger partial charge in [0.15, 0.2) is 0 Å². The number of rotatable bonds is 2. The lowest BCUT2D eigenvalue weighted by molar-refractivity contribution is 0.864.